The zero-order valence-electron chi connectivity index (χ0n) is 5.91. The van der Waals surface area contributed by atoms with Gasteiger partial charge in [-0.2, -0.15) is 0 Å². The second-order valence-electron chi connectivity index (χ2n) is 0. The molecule has 16 valence electrons. The molecule has 4 heavy (non-hydrogen) atoms. The molecular formula is H5MgNaOZn. The van der Waals surface area contributed by atoms with E-state index in [1.807, 2.05) is 0 Å². The molecule has 0 saturated carbocycles. The molecule has 0 aliphatic carbocycles. The SMILES string of the molecule is O.[H-].[H-].[H-].[Mg+2].[Na+].[Zn]. The minimum atomic E-state index is 0. The molecule has 0 aromatic carbocycles. The van der Waals surface area contributed by atoms with Crippen LogP contribution in [0.1, 0.15) is 4.28 Å². The minimum Gasteiger partial charge on any atom is -1.00 e. The molecule has 0 saturated heterocycles. The van der Waals surface area contributed by atoms with Crippen LogP contribution in [0.2, 0.25) is 0 Å². The Bertz CT molecular complexity index is 14.9. The van der Waals surface area contributed by atoms with Crippen LogP contribution in [0.5, 0.6) is 0 Å². The Labute approximate surface area is 80.9 Å². The summed E-state index contributed by atoms with van der Waals surface area (Å²) in [6, 6.07) is 0. The number of hydrogen-bond donors (Lipinski definition) is 0. The van der Waals surface area contributed by atoms with Gasteiger partial charge in [0.05, 0.1) is 0 Å². The molecular weight excluding hydrogens is 129 g/mol. The van der Waals surface area contributed by atoms with Crippen LogP contribution in [0.25, 0.3) is 0 Å². The summed E-state index contributed by atoms with van der Waals surface area (Å²) in [5.74, 6) is 0. The summed E-state index contributed by atoms with van der Waals surface area (Å²) < 4.78 is 0. The van der Waals surface area contributed by atoms with E-state index in [9.17, 15) is 0 Å². The second kappa shape index (κ2) is 18.3. The quantitative estimate of drug-likeness (QED) is 0.303. The van der Waals surface area contributed by atoms with Crippen molar-refractivity contribution in [2.75, 3.05) is 0 Å². The summed E-state index contributed by atoms with van der Waals surface area (Å²) in [4.78, 5) is 0. The van der Waals surface area contributed by atoms with Crippen LogP contribution in [0.4, 0.5) is 0 Å². The molecule has 1 nitrogen and oxygen atoms in total. The normalized spacial score (nSPS) is 0. The first-order chi connectivity index (χ1) is 0. The first-order valence-corrected chi connectivity index (χ1v) is 0. The van der Waals surface area contributed by atoms with E-state index in [2.05, 4.69) is 0 Å². The largest absolute Gasteiger partial charge is 2.00 e. The Morgan fingerprint density at radius 1 is 1.25 bits per heavy atom. The Hall–Kier alpha value is 2.35. The number of rotatable bonds is 0. The molecule has 0 unspecified atom stereocenters. The van der Waals surface area contributed by atoms with Crippen LogP contribution in [0.15, 0.2) is 0 Å². The average molecular weight is 134 g/mol. The van der Waals surface area contributed by atoms with Crippen LogP contribution >= 0.6 is 0 Å². The van der Waals surface area contributed by atoms with Crippen LogP contribution in [-0.2, 0) is 19.5 Å². The van der Waals surface area contributed by atoms with Gasteiger partial charge in [0.1, 0.15) is 0 Å². The zero-order chi connectivity index (χ0) is 0. The average Bonchev–Trinajstić information content (AvgIpc) is 0. The Balaban J connectivity index is 0. The van der Waals surface area contributed by atoms with Gasteiger partial charge in [-0.25, -0.2) is 0 Å². The number of hydrogen-bond acceptors (Lipinski definition) is 0. The molecule has 0 aliphatic rings. The van der Waals surface area contributed by atoms with E-state index < -0.39 is 0 Å². The molecule has 0 heterocycles. The van der Waals surface area contributed by atoms with E-state index >= 15 is 0 Å². The summed E-state index contributed by atoms with van der Waals surface area (Å²) in [7, 11) is 0. The zero-order valence-corrected chi connectivity index (χ0v) is 9.30. The minimum absolute atomic E-state index is 0. The molecule has 0 aromatic heterocycles. The third kappa shape index (κ3) is 8.84. The van der Waals surface area contributed by atoms with Crippen molar-refractivity contribution < 1.29 is 58.8 Å². The second-order valence-corrected chi connectivity index (χ2v) is 0. The van der Waals surface area contributed by atoms with Crippen LogP contribution < -0.4 is 29.6 Å². The van der Waals surface area contributed by atoms with Crippen LogP contribution in [-0.4, -0.2) is 28.5 Å². The molecule has 0 aliphatic heterocycles. The molecule has 0 spiro atoms. The fraction of sp³-hybridized carbons (Fsp3) is 0. The first-order valence-electron chi connectivity index (χ1n) is 0. The van der Waals surface area contributed by atoms with Crippen molar-refractivity contribution >= 4 is 23.1 Å². The molecule has 0 bridgehead atoms. The van der Waals surface area contributed by atoms with Crippen molar-refractivity contribution in [3.63, 3.8) is 0 Å². The molecule has 0 radical (unpaired) electrons. The summed E-state index contributed by atoms with van der Waals surface area (Å²) in [5, 5.41) is 0. The molecule has 0 atom stereocenters. The predicted octanol–water partition coefficient (Wildman–Crippen LogP) is -3.87. The van der Waals surface area contributed by atoms with Crippen molar-refractivity contribution in [2.24, 2.45) is 0 Å². The Morgan fingerprint density at radius 2 is 1.25 bits per heavy atom. The molecule has 4 heteroatoms. The smallest absolute Gasteiger partial charge is 1.00 e. The third-order valence-electron chi connectivity index (χ3n) is 0. The Kier molecular flexibility index (Phi) is 151. The molecule has 0 fully saturated rings. The summed E-state index contributed by atoms with van der Waals surface area (Å²) >= 11 is 0. The van der Waals surface area contributed by atoms with Gasteiger partial charge < -0.3 is 9.76 Å². The van der Waals surface area contributed by atoms with Crippen molar-refractivity contribution in [3.8, 4) is 0 Å². The van der Waals surface area contributed by atoms with Crippen molar-refractivity contribution in [3.05, 3.63) is 0 Å². The van der Waals surface area contributed by atoms with Crippen molar-refractivity contribution in [2.45, 2.75) is 0 Å². The maximum Gasteiger partial charge on any atom is 2.00 e. The Morgan fingerprint density at radius 3 is 1.25 bits per heavy atom. The van der Waals surface area contributed by atoms with E-state index in [4.69, 9.17) is 0 Å². The van der Waals surface area contributed by atoms with Gasteiger partial charge in [0.25, 0.3) is 0 Å². The summed E-state index contributed by atoms with van der Waals surface area (Å²) in [6.07, 6.45) is 0. The van der Waals surface area contributed by atoms with Gasteiger partial charge in [-0.15, -0.1) is 0 Å². The van der Waals surface area contributed by atoms with Crippen molar-refractivity contribution in [1.29, 1.82) is 0 Å². The van der Waals surface area contributed by atoms with Gasteiger partial charge in [0.2, 0.25) is 0 Å². The third-order valence-corrected chi connectivity index (χ3v) is 0. The maximum absolute atomic E-state index is 0. The monoisotopic (exact) mass is 132 g/mol. The van der Waals surface area contributed by atoms with Crippen LogP contribution in [0, 0.1) is 0 Å². The molecule has 0 amide bonds. The standard InChI is InChI=1S/Mg.Na.H2O.Zn.3H/h;;1H2;;;;/q+2;+1;;;3*-1. The van der Waals surface area contributed by atoms with Gasteiger partial charge in [-0.1, -0.05) is 0 Å². The van der Waals surface area contributed by atoms with Gasteiger partial charge in [0.15, 0.2) is 0 Å². The predicted molar refractivity (Wildman–Crippen MR) is 12.7 cm³/mol. The summed E-state index contributed by atoms with van der Waals surface area (Å²) in [6.45, 7) is 0. The van der Waals surface area contributed by atoms with Gasteiger partial charge in [0, 0.05) is 19.5 Å². The topological polar surface area (TPSA) is 31.5 Å². The van der Waals surface area contributed by atoms with E-state index in [1.165, 1.54) is 0 Å². The summed E-state index contributed by atoms with van der Waals surface area (Å²) in [5.41, 5.74) is 0. The van der Waals surface area contributed by atoms with Gasteiger partial charge >= 0.3 is 52.6 Å². The van der Waals surface area contributed by atoms with Crippen LogP contribution in [0.3, 0.4) is 0 Å². The van der Waals surface area contributed by atoms with E-state index in [0.717, 1.165) is 0 Å². The van der Waals surface area contributed by atoms with Crippen molar-refractivity contribution in [1.82, 2.24) is 0 Å². The molecule has 0 aromatic rings. The fourth-order valence-corrected chi connectivity index (χ4v) is 0. The van der Waals surface area contributed by atoms with E-state index in [1.54, 1.807) is 0 Å². The van der Waals surface area contributed by atoms with Gasteiger partial charge in [-0.05, 0) is 0 Å². The van der Waals surface area contributed by atoms with E-state index in [0.29, 0.717) is 0 Å². The molecule has 0 rings (SSSR count). The first kappa shape index (κ1) is 32.9. The van der Waals surface area contributed by atoms with Gasteiger partial charge in [-0.3, -0.25) is 0 Å². The fourth-order valence-electron chi connectivity index (χ4n) is 0. The maximum atomic E-state index is 0. The van der Waals surface area contributed by atoms with E-state index in [-0.39, 0.29) is 81.8 Å². The molecule has 2 N–H and O–H groups in total.